The topological polar surface area (TPSA) is 90.3 Å². The largest absolute Gasteiger partial charge is 0.322 e. The quantitative estimate of drug-likeness (QED) is 0.593. The van der Waals surface area contributed by atoms with Crippen molar-refractivity contribution in [3.63, 3.8) is 0 Å². The Labute approximate surface area is 189 Å². The van der Waals surface area contributed by atoms with Crippen LogP contribution in [0.4, 0.5) is 11.4 Å². The maximum absolute atomic E-state index is 12.6. The zero-order valence-electron chi connectivity index (χ0n) is 18.5. The van der Waals surface area contributed by atoms with Gasteiger partial charge in [-0.15, -0.1) is 0 Å². The molecule has 32 heavy (non-hydrogen) atoms. The number of anilines is 2. The van der Waals surface area contributed by atoms with Crippen molar-refractivity contribution >= 4 is 27.3 Å². The molecule has 0 radical (unpaired) electrons. The van der Waals surface area contributed by atoms with Crippen LogP contribution >= 0.6 is 0 Å². The highest BCUT2D eigenvalue weighted by Gasteiger charge is 2.18. The van der Waals surface area contributed by atoms with E-state index in [-0.39, 0.29) is 12.5 Å². The van der Waals surface area contributed by atoms with E-state index in [0.717, 1.165) is 16.7 Å². The molecule has 0 aromatic heterocycles. The van der Waals surface area contributed by atoms with E-state index in [1.54, 1.807) is 55.5 Å². The number of nitrogens with zero attached hydrogens (tertiary/aromatic N) is 2. The van der Waals surface area contributed by atoms with E-state index in [2.05, 4.69) is 11.4 Å². The number of amides is 1. The molecule has 1 amide bonds. The second-order valence-corrected chi connectivity index (χ2v) is 9.69. The number of hydrogen-bond acceptors (Lipinski definition) is 4. The molecule has 0 bridgehead atoms. The predicted octanol–water partition coefficient (Wildman–Crippen LogP) is 4.70. The Balaban J connectivity index is 1.79. The van der Waals surface area contributed by atoms with Crippen LogP contribution in [0.2, 0.25) is 0 Å². The molecular weight excluding hydrogens is 422 g/mol. The molecule has 0 spiro atoms. The summed E-state index contributed by atoms with van der Waals surface area (Å²) in [5, 5.41) is 12.0. The molecule has 0 heterocycles. The highest BCUT2D eigenvalue weighted by molar-refractivity contribution is 7.92. The van der Waals surface area contributed by atoms with Crippen LogP contribution in [-0.4, -0.2) is 20.6 Å². The second-order valence-electron chi connectivity index (χ2n) is 7.78. The summed E-state index contributed by atoms with van der Waals surface area (Å²) in [6.07, 6.45) is 1.19. The summed E-state index contributed by atoms with van der Waals surface area (Å²) >= 11 is 0. The van der Waals surface area contributed by atoms with Crippen LogP contribution in [-0.2, 0) is 16.6 Å². The third kappa shape index (κ3) is 5.16. The van der Waals surface area contributed by atoms with Crippen LogP contribution < -0.4 is 9.62 Å². The third-order valence-electron chi connectivity index (χ3n) is 5.42. The lowest BCUT2D eigenvalue weighted by atomic mass is 10.0. The van der Waals surface area contributed by atoms with E-state index in [9.17, 15) is 13.2 Å². The van der Waals surface area contributed by atoms with Gasteiger partial charge >= 0.3 is 0 Å². The molecule has 3 aromatic carbocycles. The average Bonchev–Trinajstić information content (AvgIpc) is 2.74. The summed E-state index contributed by atoms with van der Waals surface area (Å²) in [6, 6.07) is 19.7. The predicted molar refractivity (Wildman–Crippen MR) is 127 cm³/mol. The van der Waals surface area contributed by atoms with Crippen LogP contribution in [0.1, 0.15) is 38.2 Å². The van der Waals surface area contributed by atoms with Crippen molar-refractivity contribution in [1.82, 2.24) is 0 Å². The molecule has 0 atom stereocenters. The number of sulfonamides is 1. The lowest BCUT2D eigenvalue weighted by Gasteiger charge is -2.23. The van der Waals surface area contributed by atoms with Gasteiger partial charge in [-0.1, -0.05) is 24.3 Å². The van der Waals surface area contributed by atoms with Crippen molar-refractivity contribution < 1.29 is 13.2 Å². The first-order valence-corrected chi connectivity index (χ1v) is 11.9. The average molecular weight is 448 g/mol. The molecule has 0 aliphatic carbocycles. The minimum Gasteiger partial charge on any atom is -0.322 e. The van der Waals surface area contributed by atoms with Gasteiger partial charge in [-0.05, 0) is 79.4 Å². The van der Waals surface area contributed by atoms with Crippen molar-refractivity contribution in [1.29, 1.82) is 5.26 Å². The van der Waals surface area contributed by atoms with Gasteiger partial charge in [0.05, 0.1) is 30.1 Å². The first kappa shape index (κ1) is 23.0. The number of carbonyl (C=O) groups excluding carboxylic acids is 1. The fourth-order valence-corrected chi connectivity index (χ4v) is 4.22. The van der Waals surface area contributed by atoms with Crippen LogP contribution in [0.15, 0.2) is 60.7 Å². The minimum absolute atomic E-state index is 0.179. The van der Waals surface area contributed by atoms with Gasteiger partial charge in [0.15, 0.2) is 0 Å². The van der Waals surface area contributed by atoms with Crippen LogP contribution in [0.5, 0.6) is 0 Å². The summed E-state index contributed by atoms with van der Waals surface area (Å²) in [4.78, 5) is 12.6. The molecule has 7 heteroatoms. The Bertz CT molecular complexity index is 1310. The molecular formula is C25H25N3O3S. The van der Waals surface area contributed by atoms with Crippen molar-refractivity contribution in [3.8, 4) is 6.07 Å². The Morgan fingerprint density at radius 2 is 1.69 bits per heavy atom. The van der Waals surface area contributed by atoms with Crippen molar-refractivity contribution in [2.75, 3.05) is 15.9 Å². The lowest BCUT2D eigenvalue weighted by Crippen LogP contribution is -2.29. The molecule has 3 rings (SSSR count). The Morgan fingerprint density at radius 1 is 1.00 bits per heavy atom. The van der Waals surface area contributed by atoms with Crippen LogP contribution in [0, 0.1) is 32.1 Å². The van der Waals surface area contributed by atoms with E-state index >= 15 is 0 Å². The van der Waals surface area contributed by atoms with Gasteiger partial charge in [-0.25, -0.2) is 8.42 Å². The minimum atomic E-state index is -3.49. The standard InChI is InChI=1S/C25H25N3O3S/c1-17-8-13-23(14-18(17)2)28(32(4,30)31)16-20-9-11-22(12-10-20)27-25(29)24-7-5-6-21(15-26)19(24)3/h5-14H,16H2,1-4H3,(H,27,29). The van der Waals surface area contributed by atoms with E-state index in [1.165, 1.54) is 10.6 Å². The summed E-state index contributed by atoms with van der Waals surface area (Å²) in [7, 11) is -3.49. The summed E-state index contributed by atoms with van der Waals surface area (Å²) in [6.45, 7) is 5.85. The molecule has 0 saturated carbocycles. The number of rotatable bonds is 6. The molecule has 3 aromatic rings. The maximum atomic E-state index is 12.6. The van der Waals surface area contributed by atoms with Gasteiger partial charge in [-0.2, -0.15) is 5.26 Å². The van der Waals surface area contributed by atoms with E-state index in [4.69, 9.17) is 5.26 Å². The molecule has 164 valence electrons. The summed E-state index contributed by atoms with van der Waals surface area (Å²) in [5.74, 6) is -0.305. The molecule has 0 unspecified atom stereocenters. The van der Waals surface area contributed by atoms with E-state index in [1.807, 2.05) is 26.0 Å². The second kappa shape index (κ2) is 9.25. The fraction of sp³-hybridized carbons (Fsp3) is 0.200. The molecule has 0 saturated heterocycles. The number of benzene rings is 3. The SMILES string of the molecule is Cc1ccc(N(Cc2ccc(NC(=O)c3cccc(C#N)c3C)cc2)S(C)(=O)=O)cc1C. The Hall–Kier alpha value is -3.63. The third-order valence-corrected chi connectivity index (χ3v) is 6.56. The molecule has 1 N–H and O–H groups in total. The summed E-state index contributed by atoms with van der Waals surface area (Å²) < 4.78 is 26.2. The first-order valence-electron chi connectivity index (χ1n) is 10.0. The fourth-order valence-electron chi connectivity index (χ4n) is 3.34. The Morgan fingerprint density at radius 3 is 2.28 bits per heavy atom. The van der Waals surface area contributed by atoms with Crippen molar-refractivity contribution in [2.45, 2.75) is 27.3 Å². The maximum Gasteiger partial charge on any atom is 0.255 e. The van der Waals surface area contributed by atoms with Gasteiger partial charge < -0.3 is 5.32 Å². The highest BCUT2D eigenvalue weighted by Crippen LogP contribution is 2.24. The van der Waals surface area contributed by atoms with Crippen molar-refractivity contribution in [2.24, 2.45) is 0 Å². The zero-order valence-corrected chi connectivity index (χ0v) is 19.3. The highest BCUT2D eigenvalue weighted by atomic mass is 32.2. The molecule has 0 aliphatic rings. The normalized spacial score (nSPS) is 11.0. The molecule has 0 fully saturated rings. The number of nitriles is 1. The number of hydrogen-bond donors (Lipinski definition) is 1. The number of aryl methyl sites for hydroxylation is 2. The molecule has 0 aliphatic heterocycles. The number of nitrogens with one attached hydrogen (secondary N) is 1. The van der Waals surface area contributed by atoms with E-state index in [0.29, 0.717) is 28.1 Å². The van der Waals surface area contributed by atoms with Crippen LogP contribution in [0.3, 0.4) is 0 Å². The molecule has 6 nitrogen and oxygen atoms in total. The first-order chi connectivity index (χ1) is 15.1. The monoisotopic (exact) mass is 447 g/mol. The Kier molecular flexibility index (Phi) is 6.66. The van der Waals surface area contributed by atoms with Gasteiger partial charge in [0.1, 0.15) is 0 Å². The van der Waals surface area contributed by atoms with Gasteiger partial charge in [0.2, 0.25) is 10.0 Å². The van der Waals surface area contributed by atoms with Gasteiger partial charge in [0, 0.05) is 11.3 Å². The van der Waals surface area contributed by atoms with Gasteiger partial charge in [0.25, 0.3) is 5.91 Å². The lowest BCUT2D eigenvalue weighted by molar-refractivity contribution is 0.102. The number of carbonyl (C=O) groups is 1. The summed E-state index contributed by atoms with van der Waals surface area (Å²) in [5.41, 5.74) is 5.61. The van der Waals surface area contributed by atoms with Crippen molar-refractivity contribution in [3.05, 3.63) is 94.0 Å². The van der Waals surface area contributed by atoms with Crippen LogP contribution in [0.25, 0.3) is 0 Å². The van der Waals surface area contributed by atoms with Gasteiger partial charge in [-0.3, -0.25) is 9.10 Å². The smallest absolute Gasteiger partial charge is 0.255 e. The van der Waals surface area contributed by atoms with E-state index < -0.39 is 10.0 Å². The zero-order chi connectivity index (χ0) is 23.5.